The number of amides is 1. The van der Waals surface area contributed by atoms with Crippen LogP contribution in [0.4, 0.5) is 4.39 Å². The number of aryl methyl sites for hydroxylation is 1. The number of halogens is 1. The second-order valence-electron chi connectivity index (χ2n) is 7.12. The van der Waals surface area contributed by atoms with E-state index in [9.17, 15) is 9.18 Å². The van der Waals surface area contributed by atoms with Gasteiger partial charge in [-0.15, -0.1) is 11.3 Å². The van der Waals surface area contributed by atoms with E-state index < -0.39 is 0 Å². The minimum absolute atomic E-state index is 0.0376. The molecule has 1 N–H and O–H groups in total. The molecule has 4 rings (SSSR count). The van der Waals surface area contributed by atoms with Gasteiger partial charge in [0, 0.05) is 24.0 Å². The molecule has 0 radical (unpaired) electrons. The van der Waals surface area contributed by atoms with Crippen molar-refractivity contribution < 1.29 is 9.18 Å². The highest BCUT2D eigenvalue weighted by atomic mass is 32.1. The number of nitrogens with zero attached hydrogens (tertiary/aromatic N) is 2. The lowest BCUT2D eigenvalue weighted by Gasteiger charge is -2.29. The summed E-state index contributed by atoms with van der Waals surface area (Å²) in [4.78, 5) is 14.3. The zero-order valence-corrected chi connectivity index (χ0v) is 15.8. The van der Waals surface area contributed by atoms with E-state index in [1.54, 1.807) is 22.9 Å². The molecule has 2 heterocycles. The van der Waals surface area contributed by atoms with Crippen molar-refractivity contribution >= 4 is 27.5 Å². The van der Waals surface area contributed by atoms with Crippen LogP contribution in [0.2, 0.25) is 0 Å². The molecule has 6 heteroatoms. The Morgan fingerprint density at radius 2 is 2.08 bits per heavy atom. The number of nitrogens with one attached hydrogen (secondary N) is 1. The number of hydrogen-bond acceptors (Lipinski definition) is 3. The maximum atomic E-state index is 14.2. The first-order chi connectivity index (χ1) is 12.5. The van der Waals surface area contributed by atoms with Crippen molar-refractivity contribution in [1.82, 2.24) is 15.1 Å². The maximum Gasteiger partial charge on any atom is 0.261 e. The molecule has 26 heavy (non-hydrogen) atoms. The largest absolute Gasteiger partial charge is 0.348 e. The van der Waals surface area contributed by atoms with Gasteiger partial charge in [0.2, 0.25) is 0 Å². The molecule has 0 unspecified atom stereocenters. The fourth-order valence-electron chi connectivity index (χ4n) is 3.78. The molecule has 0 spiro atoms. The standard InChI is InChI=1S/C20H22FN3OS/c1-12-7-3-6-10-16(12)22-19(25)17-11-14-18(23-24(2)20(14)26-17)13-8-4-5-9-15(13)21/h4-5,8-9,11-12,16H,3,6-7,10H2,1-2H3,(H,22,25)/t12-,16+/m0/s1. The molecule has 0 bridgehead atoms. The molecule has 1 saturated carbocycles. The number of benzene rings is 1. The Bertz CT molecular complexity index is 961. The normalized spacial score (nSPS) is 20.4. The molecular formula is C20H22FN3OS. The predicted molar refractivity (Wildman–Crippen MR) is 103 cm³/mol. The van der Waals surface area contributed by atoms with Gasteiger partial charge in [0.05, 0.1) is 4.88 Å². The first-order valence-corrected chi connectivity index (χ1v) is 9.88. The predicted octanol–water partition coefficient (Wildman–Crippen LogP) is 4.75. The van der Waals surface area contributed by atoms with E-state index in [1.165, 1.54) is 36.7 Å². The zero-order chi connectivity index (χ0) is 18.3. The molecule has 1 aromatic carbocycles. The maximum absolute atomic E-state index is 14.2. The van der Waals surface area contributed by atoms with Crippen molar-refractivity contribution in [2.24, 2.45) is 13.0 Å². The summed E-state index contributed by atoms with van der Waals surface area (Å²) in [5, 5.41) is 8.48. The Morgan fingerprint density at radius 1 is 1.31 bits per heavy atom. The van der Waals surface area contributed by atoms with Crippen LogP contribution >= 0.6 is 11.3 Å². The number of thiophene rings is 1. The molecule has 2 aromatic heterocycles. The highest BCUT2D eigenvalue weighted by Gasteiger charge is 2.25. The summed E-state index contributed by atoms with van der Waals surface area (Å²) >= 11 is 1.41. The summed E-state index contributed by atoms with van der Waals surface area (Å²) in [6, 6.07) is 8.70. The number of rotatable bonds is 3. The highest BCUT2D eigenvalue weighted by Crippen LogP contribution is 2.35. The van der Waals surface area contributed by atoms with E-state index >= 15 is 0 Å². The summed E-state index contributed by atoms with van der Waals surface area (Å²) in [5.74, 6) is 0.169. The lowest BCUT2D eigenvalue weighted by molar-refractivity contribution is 0.0914. The van der Waals surface area contributed by atoms with E-state index in [1.807, 2.05) is 13.1 Å². The minimum atomic E-state index is -0.305. The van der Waals surface area contributed by atoms with Crippen LogP contribution in [0.1, 0.15) is 42.3 Å². The molecule has 1 aliphatic carbocycles. The van der Waals surface area contributed by atoms with Gasteiger partial charge in [0.25, 0.3) is 5.91 Å². The molecule has 0 aliphatic heterocycles. The zero-order valence-electron chi connectivity index (χ0n) is 15.0. The van der Waals surface area contributed by atoms with Gasteiger partial charge in [0.15, 0.2) is 0 Å². The van der Waals surface area contributed by atoms with Gasteiger partial charge in [-0.1, -0.05) is 31.9 Å². The molecule has 1 aliphatic rings. The molecule has 136 valence electrons. The van der Waals surface area contributed by atoms with Crippen LogP contribution in [0.5, 0.6) is 0 Å². The van der Waals surface area contributed by atoms with Crippen molar-refractivity contribution in [3.8, 4) is 11.3 Å². The van der Waals surface area contributed by atoms with E-state index in [2.05, 4.69) is 17.3 Å². The summed E-state index contributed by atoms with van der Waals surface area (Å²) in [6.07, 6.45) is 4.62. The fraction of sp³-hybridized carbons (Fsp3) is 0.400. The summed E-state index contributed by atoms with van der Waals surface area (Å²) < 4.78 is 15.9. The SMILES string of the molecule is C[C@H]1CCCC[C@H]1NC(=O)c1cc2c(-c3ccccc3F)nn(C)c2s1. The Morgan fingerprint density at radius 3 is 2.85 bits per heavy atom. The Balaban J connectivity index is 1.67. The van der Waals surface area contributed by atoms with Gasteiger partial charge in [-0.05, 0) is 37.0 Å². The van der Waals surface area contributed by atoms with E-state index in [0.717, 1.165) is 16.6 Å². The van der Waals surface area contributed by atoms with Crippen LogP contribution in [-0.2, 0) is 7.05 Å². The molecule has 3 aromatic rings. The number of hydrogen-bond donors (Lipinski definition) is 1. The molecular weight excluding hydrogens is 349 g/mol. The monoisotopic (exact) mass is 371 g/mol. The quantitative estimate of drug-likeness (QED) is 0.722. The Hall–Kier alpha value is -2.21. The third-order valence-corrected chi connectivity index (χ3v) is 6.49. The van der Waals surface area contributed by atoms with Crippen LogP contribution in [-0.4, -0.2) is 21.7 Å². The average molecular weight is 371 g/mol. The number of fused-ring (bicyclic) bond motifs is 1. The van der Waals surface area contributed by atoms with Crippen LogP contribution < -0.4 is 5.32 Å². The number of carbonyl (C=O) groups is 1. The van der Waals surface area contributed by atoms with Gasteiger partial charge in [-0.2, -0.15) is 5.10 Å². The van der Waals surface area contributed by atoms with Gasteiger partial charge >= 0.3 is 0 Å². The van der Waals surface area contributed by atoms with E-state index in [-0.39, 0.29) is 17.8 Å². The van der Waals surface area contributed by atoms with Crippen LogP contribution in [0.25, 0.3) is 21.5 Å². The van der Waals surface area contributed by atoms with E-state index in [4.69, 9.17) is 0 Å². The summed E-state index contributed by atoms with van der Waals surface area (Å²) in [7, 11) is 1.83. The molecule has 2 atom stereocenters. The molecule has 1 amide bonds. The van der Waals surface area contributed by atoms with E-state index in [0.29, 0.717) is 22.1 Å². The third-order valence-electron chi connectivity index (χ3n) is 5.29. The smallest absolute Gasteiger partial charge is 0.261 e. The third kappa shape index (κ3) is 3.03. The van der Waals surface area contributed by atoms with Crippen molar-refractivity contribution in [3.05, 3.63) is 41.0 Å². The first-order valence-electron chi connectivity index (χ1n) is 9.07. The van der Waals surface area contributed by atoms with Crippen LogP contribution in [0.15, 0.2) is 30.3 Å². The first kappa shape index (κ1) is 17.2. The number of carbonyl (C=O) groups excluding carboxylic acids is 1. The molecule has 1 fully saturated rings. The molecule has 4 nitrogen and oxygen atoms in total. The van der Waals surface area contributed by atoms with Crippen LogP contribution in [0, 0.1) is 11.7 Å². The summed E-state index contributed by atoms with van der Waals surface area (Å²) in [6.45, 7) is 2.20. The fourth-order valence-corrected chi connectivity index (χ4v) is 4.75. The topological polar surface area (TPSA) is 46.9 Å². The van der Waals surface area contributed by atoms with Crippen molar-refractivity contribution in [2.75, 3.05) is 0 Å². The second kappa shape index (κ2) is 6.83. The minimum Gasteiger partial charge on any atom is -0.348 e. The average Bonchev–Trinajstić information content (AvgIpc) is 3.19. The highest BCUT2D eigenvalue weighted by molar-refractivity contribution is 7.20. The van der Waals surface area contributed by atoms with Gasteiger partial charge in [-0.25, -0.2) is 4.39 Å². The van der Waals surface area contributed by atoms with Crippen molar-refractivity contribution in [2.45, 2.75) is 38.6 Å². The number of aromatic nitrogens is 2. The Kier molecular flexibility index (Phi) is 4.53. The van der Waals surface area contributed by atoms with Crippen LogP contribution in [0.3, 0.4) is 0 Å². The lowest BCUT2D eigenvalue weighted by Crippen LogP contribution is -2.40. The van der Waals surface area contributed by atoms with Crippen molar-refractivity contribution in [3.63, 3.8) is 0 Å². The van der Waals surface area contributed by atoms with Gasteiger partial charge in [-0.3, -0.25) is 9.48 Å². The molecule has 0 saturated heterocycles. The summed E-state index contributed by atoms with van der Waals surface area (Å²) in [5.41, 5.74) is 1.05. The van der Waals surface area contributed by atoms with Gasteiger partial charge in [0.1, 0.15) is 16.3 Å². The van der Waals surface area contributed by atoms with Crippen molar-refractivity contribution in [1.29, 1.82) is 0 Å². The lowest BCUT2D eigenvalue weighted by atomic mass is 9.86. The Labute approximate surface area is 156 Å². The second-order valence-corrected chi connectivity index (χ2v) is 8.15. The van der Waals surface area contributed by atoms with Gasteiger partial charge < -0.3 is 5.32 Å².